The van der Waals surface area contributed by atoms with Crippen LogP contribution in [0.5, 0.6) is 0 Å². The van der Waals surface area contributed by atoms with Gasteiger partial charge in [-0.3, -0.25) is 10.1 Å². The number of rotatable bonds is 4. The van der Waals surface area contributed by atoms with Crippen LogP contribution in [-0.2, 0) is 4.79 Å². The summed E-state index contributed by atoms with van der Waals surface area (Å²) < 4.78 is 0.144. The van der Waals surface area contributed by atoms with E-state index < -0.39 is 0 Å². The Bertz CT molecular complexity index is 299. The van der Waals surface area contributed by atoms with Crippen LogP contribution >= 0.6 is 11.8 Å². The van der Waals surface area contributed by atoms with Gasteiger partial charge in [-0.15, -0.1) is 0 Å². The third-order valence-electron chi connectivity index (χ3n) is 3.73. The Labute approximate surface area is 102 Å². The molecule has 0 radical (unpaired) electrons. The summed E-state index contributed by atoms with van der Waals surface area (Å²) in [5.41, 5.74) is -0.158. The van der Waals surface area contributed by atoms with E-state index in [1.807, 2.05) is 11.8 Å². The maximum Gasteiger partial charge on any atom is 0.244 e. The average Bonchev–Trinajstić information content (AvgIpc) is 2.98. The lowest BCUT2D eigenvalue weighted by atomic mass is 10.1. The molecule has 92 valence electrons. The van der Waals surface area contributed by atoms with Crippen molar-refractivity contribution >= 4 is 17.7 Å². The highest BCUT2D eigenvalue weighted by molar-refractivity contribution is 7.99. The number of carbonyl (C=O) groups excluding carboxylic acids is 1. The maximum absolute atomic E-state index is 12.3. The molecule has 1 heterocycles. The van der Waals surface area contributed by atoms with Gasteiger partial charge in [-0.05, 0) is 39.4 Å². The predicted octanol–water partition coefficient (Wildman–Crippen LogP) is 1.83. The van der Waals surface area contributed by atoms with E-state index in [1.165, 1.54) is 0 Å². The Morgan fingerprint density at radius 3 is 2.62 bits per heavy atom. The smallest absolute Gasteiger partial charge is 0.244 e. The van der Waals surface area contributed by atoms with Crippen LogP contribution in [0.25, 0.3) is 0 Å². The molecule has 2 rings (SSSR count). The topological polar surface area (TPSA) is 32.3 Å². The maximum atomic E-state index is 12.3. The standard InChI is InChI=1S/C12H22N2OS/c1-5-9-13-12(6-7-12)10(15)14(9)8-11(2,3)16-4/h9,13H,5-8H2,1-4H3. The fourth-order valence-electron chi connectivity index (χ4n) is 2.34. The molecular weight excluding hydrogens is 220 g/mol. The number of hydrogen-bond donors (Lipinski definition) is 1. The van der Waals surface area contributed by atoms with Gasteiger partial charge in [0.05, 0.1) is 11.7 Å². The van der Waals surface area contributed by atoms with Crippen molar-refractivity contribution < 1.29 is 4.79 Å². The number of amides is 1. The zero-order valence-corrected chi connectivity index (χ0v) is 11.5. The first-order valence-electron chi connectivity index (χ1n) is 6.08. The fourth-order valence-corrected chi connectivity index (χ4v) is 2.61. The van der Waals surface area contributed by atoms with Crippen molar-refractivity contribution in [1.29, 1.82) is 0 Å². The first-order valence-corrected chi connectivity index (χ1v) is 7.30. The molecule has 1 aliphatic heterocycles. The first kappa shape index (κ1) is 12.2. The van der Waals surface area contributed by atoms with Crippen LogP contribution in [0, 0.1) is 0 Å². The summed E-state index contributed by atoms with van der Waals surface area (Å²) in [6.45, 7) is 7.40. The lowest BCUT2D eigenvalue weighted by molar-refractivity contribution is -0.131. The molecule has 1 amide bonds. The Balaban J connectivity index is 2.10. The minimum absolute atomic E-state index is 0.144. The van der Waals surface area contributed by atoms with E-state index in [0.29, 0.717) is 5.91 Å². The Hall–Kier alpha value is -0.220. The van der Waals surface area contributed by atoms with Crippen molar-refractivity contribution in [2.45, 2.75) is 56.5 Å². The summed E-state index contributed by atoms with van der Waals surface area (Å²) in [5.74, 6) is 0.335. The van der Waals surface area contributed by atoms with Gasteiger partial charge in [-0.25, -0.2) is 0 Å². The molecular formula is C12H22N2OS. The molecule has 1 N–H and O–H groups in total. The highest BCUT2D eigenvalue weighted by atomic mass is 32.2. The van der Waals surface area contributed by atoms with Gasteiger partial charge in [-0.1, -0.05) is 6.92 Å². The van der Waals surface area contributed by atoms with E-state index >= 15 is 0 Å². The highest BCUT2D eigenvalue weighted by Crippen LogP contribution is 2.43. The van der Waals surface area contributed by atoms with Crippen LogP contribution in [0.1, 0.15) is 40.0 Å². The molecule has 16 heavy (non-hydrogen) atoms. The number of carbonyl (C=O) groups is 1. The van der Waals surface area contributed by atoms with Gasteiger partial charge in [0.15, 0.2) is 0 Å². The molecule has 0 bridgehead atoms. The van der Waals surface area contributed by atoms with Crippen molar-refractivity contribution in [3.63, 3.8) is 0 Å². The first-order chi connectivity index (χ1) is 7.44. The van der Waals surface area contributed by atoms with Crippen molar-refractivity contribution in [1.82, 2.24) is 10.2 Å². The fraction of sp³-hybridized carbons (Fsp3) is 0.917. The van der Waals surface area contributed by atoms with Gasteiger partial charge in [-0.2, -0.15) is 11.8 Å². The van der Waals surface area contributed by atoms with Crippen LogP contribution in [0.2, 0.25) is 0 Å². The number of thioether (sulfide) groups is 1. The van der Waals surface area contributed by atoms with E-state index in [2.05, 4.69) is 37.2 Å². The summed E-state index contributed by atoms with van der Waals surface area (Å²) in [5, 5.41) is 3.50. The van der Waals surface area contributed by atoms with Gasteiger partial charge in [0.1, 0.15) is 0 Å². The van der Waals surface area contributed by atoms with Crippen LogP contribution < -0.4 is 5.32 Å². The molecule has 0 aromatic heterocycles. The van der Waals surface area contributed by atoms with Crippen molar-refractivity contribution in [2.24, 2.45) is 0 Å². The quantitative estimate of drug-likeness (QED) is 0.816. The van der Waals surface area contributed by atoms with E-state index in [-0.39, 0.29) is 16.5 Å². The zero-order valence-electron chi connectivity index (χ0n) is 10.7. The third-order valence-corrected chi connectivity index (χ3v) is 4.96. The summed E-state index contributed by atoms with van der Waals surface area (Å²) in [4.78, 5) is 14.4. The molecule has 1 atom stereocenters. The van der Waals surface area contributed by atoms with Crippen LogP contribution in [0.15, 0.2) is 0 Å². The zero-order chi connectivity index (χ0) is 12.0. The Kier molecular flexibility index (Phi) is 2.99. The van der Waals surface area contributed by atoms with Gasteiger partial charge in [0.2, 0.25) is 5.91 Å². The molecule has 1 aliphatic carbocycles. The van der Waals surface area contributed by atoms with Gasteiger partial charge >= 0.3 is 0 Å². The molecule has 0 aromatic rings. The average molecular weight is 242 g/mol. The lowest BCUT2D eigenvalue weighted by Gasteiger charge is -2.31. The molecule has 0 aromatic carbocycles. The summed E-state index contributed by atoms with van der Waals surface area (Å²) >= 11 is 1.83. The largest absolute Gasteiger partial charge is 0.324 e. The number of hydrogen-bond acceptors (Lipinski definition) is 3. The van der Waals surface area contributed by atoms with Gasteiger partial charge in [0.25, 0.3) is 0 Å². The van der Waals surface area contributed by atoms with Gasteiger partial charge < -0.3 is 4.90 Å². The Morgan fingerprint density at radius 2 is 2.19 bits per heavy atom. The molecule has 1 spiro atoms. The monoisotopic (exact) mass is 242 g/mol. The summed E-state index contributed by atoms with van der Waals surface area (Å²) in [7, 11) is 0. The normalized spacial score (nSPS) is 27.9. The second kappa shape index (κ2) is 3.91. The molecule has 4 heteroatoms. The van der Waals surface area contributed by atoms with Crippen molar-refractivity contribution in [3.05, 3.63) is 0 Å². The van der Waals surface area contributed by atoms with E-state index in [0.717, 1.165) is 25.8 Å². The second-order valence-corrected chi connectivity index (χ2v) is 7.06. The van der Waals surface area contributed by atoms with Gasteiger partial charge in [0, 0.05) is 11.3 Å². The second-order valence-electron chi connectivity index (χ2n) is 5.55. The molecule has 3 nitrogen and oxygen atoms in total. The van der Waals surface area contributed by atoms with Crippen molar-refractivity contribution in [2.75, 3.05) is 12.8 Å². The SMILES string of the molecule is CCC1NC2(CC2)C(=O)N1CC(C)(C)SC. The molecule has 1 saturated heterocycles. The minimum atomic E-state index is -0.158. The third kappa shape index (κ3) is 1.97. The molecule has 1 unspecified atom stereocenters. The predicted molar refractivity (Wildman–Crippen MR) is 68.5 cm³/mol. The number of nitrogens with zero attached hydrogens (tertiary/aromatic N) is 1. The molecule has 2 aliphatic rings. The molecule has 1 saturated carbocycles. The van der Waals surface area contributed by atoms with E-state index in [1.54, 1.807) is 0 Å². The minimum Gasteiger partial charge on any atom is -0.324 e. The lowest BCUT2D eigenvalue weighted by Crippen LogP contribution is -2.44. The van der Waals surface area contributed by atoms with E-state index in [9.17, 15) is 4.79 Å². The molecule has 2 fully saturated rings. The van der Waals surface area contributed by atoms with Crippen LogP contribution in [-0.4, -0.2) is 40.1 Å². The number of nitrogens with one attached hydrogen (secondary N) is 1. The summed E-state index contributed by atoms with van der Waals surface area (Å²) in [6.07, 6.45) is 5.41. The summed E-state index contributed by atoms with van der Waals surface area (Å²) in [6, 6.07) is 0. The Morgan fingerprint density at radius 1 is 1.56 bits per heavy atom. The van der Waals surface area contributed by atoms with Crippen LogP contribution in [0.3, 0.4) is 0 Å². The van der Waals surface area contributed by atoms with Crippen molar-refractivity contribution in [3.8, 4) is 0 Å². The van der Waals surface area contributed by atoms with Crippen LogP contribution in [0.4, 0.5) is 0 Å². The van der Waals surface area contributed by atoms with E-state index in [4.69, 9.17) is 0 Å². The highest BCUT2D eigenvalue weighted by Gasteiger charge is 2.58.